The van der Waals surface area contributed by atoms with E-state index >= 15 is 0 Å². The van der Waals surface area contributed by atoms with Gasteiger partial charge < -0.3 is 14.0 Å². The monoisotopic (exact) mass is 328 g/mol. The number of carbonyl (C=O) groups excluding carboxylic acids is 2. The first kappa shape index (κ1) is 23.1. The molecule has 1 rings (SSSR count). The van der Waals surface area contributed by atoms with E-state index < -0.39 is 0 Å². The second-order valence-corrected chi connectivity index (χ2v) is 5.84. The second-order valence-electron chi connectivity index (χ2n) is 4.97. The average Bonchev–Trinajstić information content (AvgIpc) is 2.46. The van der Waals surface area contributed by atoms with Crippen LogP contribution in [0.25, 0.3) is 0 Å². The van der Waals surface area contributed by atoms with Crippen LogP contribution in [-0.4, -0.2) is 34.0 Å². The summed E-state index contributed by atoms with van der Waals surface area (Å²) in [7, 11) is -0.284. The van der Waals surface area contributed by atoms with E-state index in [9.17, 15) is 4.79 Å². The third-order valence-corrected chi connectivity index (χ3v) is 3.70. The molecule has 0 aromatic rings. The lowest BCUT2D eigenvalue weighted by atomic mass is 9.93. The van der Waals surface area contributed by atoms with Crippen molar-refractivity contribution in [2.75, 3.05) is 0 Å². The molecule has 22 heavy (non-hydrogen) atoms. The lowest BCUT2D eigenvalue weighted by molar-refractivity contribution is -0.141. The van der Waals surface area contributed by atoms with E-state index in [2.05, 4.69) is 6.55 Å². The molecule has 0 aromatic heterocycles. The first-order valence-electron chi connectivity index (χ1n) is 7.87. The van der Waals surface area contributed by atoms with Gasteiger partial charge in [-0.1, -0.05) is 13.0 Å². The van der Waals surface area contributed by atoms with Crippen LogP contribution >= 0.6 is 0 Å². The predicted molar refractivity (Wildman–Crippen MR) is 94.6 cm³/mol. The molecular weight excluding hydrogens is 296 g/mol. The van der Waals surface area contributed by atoms with Crippen molar-refractivity contribution in [1.82, 2.24) is 0 Å². The number of ether oxygens (including phenoxy) is 1. The van der Waals surface area contributed by atoms with Gasteiger partial charge in [0.2, 0.25) is 9.76 Å². The highest BCUT2D eigenvalue weighted by Gasteiger charge is 2.29. The van der Waals surface area contributed by atoms with Gasteiger partial charge in [0.05, 0.1) is 18.0 Å². The van der Waals surface area contributed by atoms with Gasteiger partial charge in [0.15, 0.2) is 0 Å². The summed E-state index contributed by atoms with van der Waals surface area (Å²) < 4.78 is 10.8. The maximum Gasteiger partial charge on any atom is 0.216 e. The quantitative estimate of drug-likeness (QED) is 0.345. The van der Waals surface area contributed by atoms with Crippen LogP contribution in [0.5, 0.6) is 0 Å². The largest absolute Gasteiger partial charge is 0.550 e. The molecule has 0 radical (unpaired) electrons. The molecule has 0 spiro atoms. The smallest absolute Gasteiger partial charge is 0.216 e. The van der Waals surface area contributed by atoms with E-state index in [-0.39, 0.29) is 27.9 Å². The topological polar surface area (TPSA) is 52.6 Å². The third kappa shape index (κ3) is 11.5. The van der Waals surface area contributed by atoms with Crippen LogP contribution in [0.15, 0.2) is 24.0 Å². The zero-order valence-corrected chi connectivity index (χ0v) is 16.5. The lowest BCUT2D eigenvalue weighted by Crippen LogP contribution is -2.36. The molecule has 1 aliphatic rings. The highest BCUT2D eigenvalue weighted by molar-refractivity contribution is 6.25. The molecule has 3 atom stereocenters. The Balaban J connectivity index is 0. The average molecular weight is 329 g/mol. The summed E-state index contributed by atoms with van der Waals surface area (Å²) in [6, 6.07) is 0. The van der Waals surface area contributed by atoms with Gasteiger partial charge in [0.1, 0.15) is 12.1 Å². The molecule has 0 aliphatic carbocycles. The van der Waals surface area contributed by atoms with Crippen molar-refractivity contribution in [1.29, 1.82) is 0 Å². The van der Waals surface area contributed by atoms with Crippen LogP contribution in [-0.2, 0) is 18.8 Å². The number of Topliss-reactive ketones (excluding diaryl/α,β-unsaturated/α-hetero) is 1. The molecule has 1 aliphatic heterocycles. The molecule has 1 fully saturated rings. The van der Waals surface area contributed by atoms with Crippen molar-refractivity contribution in [2.24, 2.45) is 5.92 Å². The minimum atomic E-state index is -0.284. The SMILES string of the molecule is C/C=C(/C=C/C)O[SiH2]C.CC1CC(=O)C(C)C(C)O1.CC=O. The summed E-state index contributed by atoms with van der Waals surface area (Å²) in [4.78, 5) is 19.9. The number of hydrogen-bond donors (Lipinski definition) is 0. The maximum atomic E-state index is 11.1. The van der Waals surface area contributed by atoms with Crippen molar-refractivity contribution in [3.8, 4) is 0 Å². The third-order valence-electron chi connectivity index (χ3n) is 3.07. The molecule has 128 valence electrons. The molecule has 0 bridgehead atoms. The second kappa shape index (κ2) is 14.7. The van der Waals surface area contributed by atoms with Crippen molar-refractivity contribution < 1.29 is 18.8 Å². The number of ketones is 1. The molecule has 3 unspecified atom stereocenters. The molecule has 1 heterocycles. The normalized spacial score (nSPS) is 25.3. The summed E-state index contributed by atoms with van der Waals surface area (Å²) in [5, 5.41) is 0. The van der Waals surface area contributed by atoms with E-state index in [1.54, 1.807) is 0 Å². The Morgan fingerprint density at radius 2 is 1.82 bits per heavy atom. The molecule has 5 heteroatoms. The first-order chi connectivity index (χ1) is 10.4. The fourth-order valence-electron chi connectivity index (χ4n) is 1.82. The van der Waals surface area contributed by atoms with Gasteiger partial charge in [-0.15, -0.1) is 0 Å². The van der Waals surface area contributed by atoms with E-state index in [1.165, 1.54) is 6.92 Å². The molecular formula is C17H32O4Si. The summed E-state index contributed by atoms with van der Waals surface area (Å²) in [5.41, 5.74) is 0. The van der Waals surface area contributed by atoms with Crippen molar-refractivity contribution >= 4 is 21.8 Å². The molecule has 0 N–H and O–H groups in total. The van der Waals surface area contributed by atoms with Crippen LogP contribution in [0.4, 0.5) is 0 Å². The first-order valence-corrected chi connectivity index (χ1v) is 9.86. The Hall–Kier alpha value is -1.20. The fourth-order valence-corrected chi connectivity index (χ4v) is 2.42. The van der Waals surface area contributed by atoms with Gasteiger partial charge in [-0.25, -0.2) is 0 Å². The van der Waals surface area contributed by atoms with Crippen molar-refractivity contribution in [3.05, 3.63) is 24.0 Å². The van der Waals surface area contributed by atoms with E-state index in [1.807, 2.05) is 52.8 Å². The highest BCUT2D eigenvalue weighted by atomic mass is 28.2. The summed E-state index contributed by atoms with van der Waals surface area (Å²) >= 11 is 0. The lowest BCUT2D eigenvalue weighted by Gasteiger charge is -2.29. The Morgan fingerprint density at radius 1 is 1.27 bits per heavy atom. The number of aldehydes is 1. The summed E-state index contributed by atoms with van der Waals surface area (Å²) in [6.07, 6.45) is 7.52. The highest BCUT2D eigenvalue weighted by Crippen LogP contribution is 2.20. The zero-order chi connectivity index (χ0) is 17.5. The zero-order valence-electron chi connectivity index (χ0n) is 15.1. The molecule has 0 amide bonds. The van der Waals surface area contributed by atoms with Crippen molar-refractivity contribution in [2.45, 2.75) is 66.7 Å². The minimum Gasteiger partial charge on any atom is -0.550 e. The molecule has 0 saturated carbocycles. The predicted octanol–water partition coefficient (Wildman–Crippen LogP) is 3.21. The Kier molecular flexibility index (Phi) is 15.4. The van der Waals surface area contributed by atoms with E-state index in [0.29, 0.717) is 12.2 Å². The van der Waals surface area contributed by atoms with Crippen LogP contribution in [0.2, 0.25) is 6.55 Å². The van der Waals surface area contributed by atoms with E-state index in [0.717, 1.165) is 12.0 Å². The van der Waals surface area contributed by atoms with Gasteiger partial charge in [-0.05, 0) is 53.3 Å². The van der Waals surface area contributed by atoms with Gasteiger partial charge in [-0.3, -0.25) is 4.79 Å². The van der Waals surface area contributed by atoms with Gasteiger partial charge >= 0.3 is 0 Å². The summed E-state index contributed by atoms with van der Waals surface area (Å²) in [5.74, 6) is 1.44. The van der Waals surface area contributed by atoms with Gasteiger partial charge in [-0.2, -0.15) is 0 Å². The minimum absolute atomic E-state index is 0.0937. The Bertz CT molecular complexity index is 364. The Morgan fingerprint density at radius 3 is 2.18 bits per heavy atom. The standard InChI is InChI=1S/C8H14O2.C7H14OSi.C2H4O/c1-5-4-8(9)6(2)7(3)10-5;1-4-6-7(5-2)8-9-3;1-2-3/h5-7H,4H2,1-3H3;4-6H,9H2,1-3H3;2H,1H3/b;6-4+,7-5-;. The van der Waals surface area contributed by atoms with Crippen LogP contribution in [0.3, 0.4) is 0 Å². The number of rotatable bonds is 3. The summed E-state index contributed by atoms with van der Waals surface area (Å²) in [6.45, 7) is 13.4. The number of allylic oxidation sites excluding steroid dienone is 3. The van der Waals surface area contributed by atoms with Crippen LogP contribution in [0, 0.1) is 5.92 Å². The van der Waals surface area contributed by atoms with Gasteiger partial charge in [0, 0.05) is 12.3 Å². The van der Waals surface area contributed by atoms with Crippen molar-refractivity contribution in [3.63, 3.8) is 0 Å². The fraction of sp³-hybridized carbons (Fsp3) is 0.647. The molecule has 4 nitrogen and oxygen atoms in total. The number of carbonyl (C=O) groups is 2. The van der Waals surface area contributed by atoms with Gasteiger partial charge in [0.25, 0.3) is 0 Å². The molecule has 0 aromatic carbocycles. The maximum absolute atomic E-state index is 11.1. The molecule has 1 saturated heterocycles. The van der Waals surface area contributed by atoms with E-state index in [4.69, 9.17) is 14.0 Å². The number of hydrogen-bond acceptors (Lipinski definition) is 4. The van der Waals surface area contributed by atoms with Crippen LogP contribution < -0.4 is 0 Å². The Labute approximate surface area is 137 Å². The van der Waals surface area contributed by atoms with Crippen LogP contribution in [0.1, 0.15) is 48.0 Å².